The number of carbonyl (C=O) groups is 2. The number of hydrogen-bond acceptors (Lipinski definition) is 11. The molecule has 0 amide bonds. The van der Waals surface area contributed by atoms with Gasteiger partial charge in [-0.1, -0.05) is 61.9 Å². The van der Waals surface area contributed by atoms with Gasteiger partial charge in [-0.3, -0.25) is 9.59 Å². The fraction of sp³-hybridized carbons (Fsp3) is 0.745. The third kappa shape index (κ3) is 8.94. The maximum absolute atomic E-state index is 15.0. The highest BCUT2D eigenvalue weighted by atomic mass is 16.7. The number of hydrogen-bond donors (Lipinski definition) is 0. The molecule has 7 rings (SSSR count). The van der Waals surface area contributed by atoms with Crippen LogP contribution < -0.4 is 0 Å². The predicted octanol–water partition coefficient (Wildman–Crippen LogP) is 7.03. The van der Waals surface area contributed by atoms with Crippen LogP contribution in [0.5, 0.6) is 0 Å². The van der Waals surface area contributed by atoms with E-state index in [0.717, 1.165) is 56.1 Å². The number of nitrogens with zero attached hydrogens (tertiary/aromatic N) is 1. The predicted molar refractivity (Wildman–Crippen MR) is 219 cm³/mol. The van der Waals surface area contributed by atoms with Gasteiger partial charge in [0.1, 0.15) is 24.4 Å². The number of fused-ring (bicyclic) bond motifs is 5. The molecule has 3 aliphatic carbocycles. The van der Waals surface area contributed by atoms with Crippen molar-refractivity contribution in [2.75, 3.05) is 35.4 Å². The van der Waals surface area contributed by atoms with Crippen molar-refractivity contribution in [2.45, 2.75) is 159 Å². The van der Waals surface area contributed by atoms with Crippen LogP contribution in [0.4, 0.5) is 0 Å². The monoisotopic (exact) mass is 807 g/mol. The Morgan fingerprint density at radius 3 is 2.14 bits per heavy atom. The summed E-state index contributed by atoms with van der Waals surface area (Å²) in [4.78, 5) is 31.1. The molecule has 0 N–H and O–H groups in total. The van der Waals surface area contributed by atoms with Crippen molar-refractivity contribution in [3.8, 4) is 0 Å². The summed E-state index contributed by atoms with van der Waals surface area (Å²) >= 11 is 0. The molecule has 0 aromatic heterocycles. The van der Waals surface area contributed by atoms with E-state index in [-0.39, 0.29) is 96.8 Å². The number of allylic oxidation sites excluding steroid dienone is 4. The van der Waals surface area contributed by atoms with Gasteiger partial charge in [-0.2, -0.15) is 0 Å². The molecule has 11 heteroatoms. The van der Waals surface area contributed by atoms with Crippen molar-refractivity contribution in [1.82, 2.24) is 4.90 Å². The Balaban J connectivity index is 1.19. The van der Waals surface area contributed by atoms with Crippen molar-refractivity contribution in [3.05, 3.63) is 59.2 Å². The average Bonchev–Trinajstić information content (AvgIpc) is 3.79. The van der Waals surface area contributed by atoms with Gasteiger partial charge in [-0.25, -0.2) is 0 Å². The first-order chi connectivity index (χ1) is 28.0. The average molecular weight is 808 g/mol. The normalized spacial score (nSPS) is 42.3. The molecule has 322 valence electrons. The lowest BCUT2D eigenvalue weighted by Crippen LogP contribution is -2.59. The van der Waals surface area contributed by atoms with E-state index < -0.39 is 18.3 Å². The first kappa shape index (κ1) is 43.6. The number of ether oxygens (including phenoxy) is 8. The fourth-order valence-corrected chi connectivity index (χ4v) is 11.4. The summed E-state index contributed by atoms with van der Waals surface area (Å²) < 4.78 is 50.3. The third-order valence-corrected chi connectivity index (χ3v) is 14.5. The molecule has 6 aliphatic rings. The van der Waals surface area contributed by atoms with Crippen LogP contribution in [-0.2, 0) is 47.5 Å². The molecule has 0 radical (unpaired) electrons. The van der Waals surface area contributed by atoms with Crippen LogP contribution in [0.2, 0.25) is 0 Å². The molecule has 11 nitrogen and oxygen atoms in total. The van der Waals surface area contributed by atoms with Crippen LogP contribution in [0, 0.1) is 29.6 Å². The second kappa shape index (κ2) is 19.1. The molecule has 1 saturated carbocycles. The van der Waals surface area contributed by atoms with Crippen LogP contribution >= 0.6 is 0 Å². The quantitative estimate of drug-likeness (QED) is 0.180. The van der Waals surface area contributed by atoms with E-state index in [1.165, 1.54) is 5.56 Å². The van der Waals surface area contributed by atoms with Gasteiger partial charge in [-0.05, 0) is 102 Å². The third-order valence-electron chi connectivity index (χ3n) is 14.5. The number of ketones is 1. The lowest BCUT2D eigenvalue weighted by atomic mass is 9.66. The second-order valence-electron chi connectivity index (χ2n) is 18.0. The van der Waals surface area contributed by atoms with Crippen LogP contribution in [0.25, 0.3) is 0 Å². The van der Waals surface area contributed by atoms with E-state index in [0.29, 0.717) is 12.5 Å². The van der Waals surface area contributed by atoms with E-state index in [2.05, 4.69) is 69.3 Å². The minimum absolute atomic E-state index is 0.00603. The zero-order valence-electron chi connectivity index (χ0n) is 36.3. The van der Waals surface area contributed by atoms with Crippen LogP contribution in [0.3, 0.4) is 0 Å². The van der Waals surface area contributed by atoms with Gasteiger partial charge < -0.3 is 42.8 Å². The van der Waals surface area contributed by atoms with E-state index in [9.17, 15) is 9.59 Å². The van der Waals surface area contributed by atoms with Gasteiger partial charge in [-0.15, -0.1) is 0 Å². The highest BCUT2D eigenvalue weighted by Crippen LogP contribution is 2.58. The Kier molecular flexibility index (Phi) is 14.3. The van der Waals surface area contributed by atoms with Gasteiger partial charge in [0.2, 0.25) is 0 Å². The Morgan fingerprint density at radius 1 is 0.776 bits per heavy atom. The Morgan fingerprint density at radius 2 is 1.48 bits per heavy atom. The molecule has 17 atom stereocenters. The van der Waals surface area contributed by atoms with E-state index in [4.69, 9.17) is 37.9 Å². The van der Waals surface area contributed by atoms with Gasteiger partial charge >= 0.3 is 5.97 Å². The van der Waals surface area contributed by atoms with Crippen LogP contribution in [-0.4, -0.2) is 120 Å². The molecule has 4 unspecified atom stereocenters. The molecule has 58 heavy (non-hydrogen) atoms. The molecule has 3 saturated heterocycles. The molecular weight excluding hydrogens is 739 g/mol. The van der Waals surface area contributed by atoms with Gasteiger partial charge in [0.15, 0.2) is 18.4 Å². The van der Waals surface area contributed by atoms with Crippen molar-refractivity contribution in [1.29, 1.82) is 0 Å². The summed E-state index contributed by atoms with van der Waals surface area (Å²) in [5, 5.41) is 0. The summed E-state index contributed by atoms with van der Waals surface area (Å²) in [5.41, 5.74) is 3.11. The number of esters is 1. The number of cyclic esters (lactones) is 1. The number of Topliss-reactive ketones (excluding diaryl/α,β-unsaturated/α-hetero) is 1. The summed E-state index contributed by atoms with van der Waals surface area (Å²) in [6.45, 7) is 8.19. The van der Waals surface area contributed by atoms with Gasteiger partial charge in [0.05, 0.1) is 30.8 Å². The summed E-state index contributed by atoms with van der Waals surface area (Å²) in [6, 6.07) is 11.0. The van der Waals surface area contributed by atoms with Gasteiger partial charge in [0.25, 0.3) is 0 Å². The summed E-state index contributed by atoms with van der Waals surface area (Å²) in [5.74, 6) is -0.417. The maximum Gasteiger partial charge on any atom is 0.307 e. The molecular formula is C47H69NO10. The summed E-state index contributed by atoms with van der Waals surface area (Å²) in [7, 11) is 9.18. The molecule has 0 spiro atoms. The molecule has 3 aliphatic heterocycles. The number of carbonyl (C=O) groups excluding carboxylic acids is 2. The molecule has 0 bridgehead atoms. The topological polar surface area (TPSA) is 111 Å². The Labute approximate surface area is 346 Å². The smallest absolute Gasteiger partial charge is 0.307 e. The SMILES string of the molecule is CC[C@H]1CCC[C@H](O[C@H]2CC[C@H](N(C)C)C(C)O2)[C@@H](C)C(=O)C2=C[C@@H]3C(=CC(c4ccccc4)[C@@H]4C[C@@H](O[C@@H]5OC(C)[C@H](OC)C(OC)[C@@H]5OC)C[C@@H]34)[C@@H]2CC(=O)O1. The zero-order chi connectivity index (χ0) is 41.2. The highest BCUT2D eigenvalue weighted by Gasteiger charge is 2.54. The molecule has 3 heterocycles. The lowest BCUT2D eigenvalue weighted by molar-refractivity contribution is -0.314. The Bertz CT molecular complexity index is 1620. The highest BCUT2D eigenvalue weighted by molar-refractivity contribution is 6.00. The van der Waals surface area contributed by atoms with E-state index in [1.807, 2.05) is 19.9 Å². The fourth-order valence-electron chi connectivity index (χ4n) is 11.4. The number of rotatable bonds is 10. The lowest BCUT2D eigenvalue weighted by Gasteiger charge is -2.44. The van der Waals surface area contributed by atoms with Crippen molar-refractivity contribution in [3.63, 3.8) is 0 Å². The molecule has 1 aromatic carbocycles. The van der Waals surface area contributed by atoms with Crippen molar-refractivity contribution < 1.29 is 47.5 Å². The van der Waals surface area contributed by atoms with E-state index >= 15 is 0 Å². The number of likely N-dealkylation sites (N-methyl/N-ethyl adjacent to an activating group) is 1. The van der Waals surface area contributed by atoms with Crippen molar-refractivity contribution in [2.24, 2.45) is 29.6 Å². The van der Waals surface area contributed by atoms with E-state index in [1.54, 1.807) is 21.3 Å². The number of benzene rings is 1. The standard InChI is InChI=1S/C47H69NO10/c1-10-30-17-14-18-40(58-42-20-19-39(48(5)6)27(3)54-42)26(2)43(50)38-24-36-34-22-31(57-47-46(53-9)45(52-8)44(51-7)28(4)55-47)21-33(34)32(29-15-12-11-13-16-29)23-35(36)37(38)25-41(49)56-30/h11-13,15-16,23-24,26-28,30-34,36-37,39-40,42,44-47H,10,14,17-22,25H2,1-9H3/t26-,27?,28?,30+,31-,32?,33+,34-,36+,37+,39+,40+,42+,44+,45?,46+,47+/m1/s1. The number of methoxy groups -OCH3 is 3. The molecule has 1 aromatic rings. The first-order valence-electron chi connectivity index (χ1n) is 22.0. The zero-order valence-corrected chi connectivity index (χ0v) is 36.3. The van der Waals surface area contributed by atoms with Gasteiger partial charge in [0, 0.05) is 51.0 Å². The van der Waals surface area contributed by atoms with Crippen LogP contribution in [0.15, 0.2) is 53.6 Å². The minimum Gasteiger partial charge on any atom is -0.462 e. The first-order valence-corrected chi connectivity index (χ1v) is 22.0. The largest absolute Gasteiger partial charge is 0.462 e. The summed E-state index contributed by atoms with van der Waals surface area (Å²) in [6.07, 6.45) is 8.10. The van der Waals surface area contributed by atoms with Crippen LogP contribution in [0.1, 0.15) is 97.0 Å². The molecule has 4 fully saturated rings. The second-order valence-corrected chi connectivity index (χ2v) is 18.0. The minimum atomic E-state index is -0.633. The maximum atomic E-state index is 15.0. The van der Waals surface area contributed by atoms with Crippen molar-refractivity contribution >= 4 is 11.8 Å². The Hall–Kier alpha value is -2.48.